The molecule has 4 rings (SSSR count). The molecule has 2 atom stereocenters. The highest BCUT2D eigenvalue weighted by molar-refractivity contribution is 6.04. The maximum absolute atomic E-state index is 13.9. The molecule has 2 aliphatic rings. The van der Waals surface area contributed by atoms with E-state index in [1.54, 1.807) is 27.4 Å². The van der Waals surface area contributed by atoms with Gasteiger partial charge in [0.05, 0.1) is 39.4 Å². The number of unbranched alkanes of at least 4 members (excludes halogenated alkanes) is 2. The number of dihydropyridines is 1. The molecule has 38 heavy (non-hydrogen) atoms. The van der Waals surface area contributed by atoms with E-state index in [1.165, 1.54) is 0 Å². The quantitative estimate of drug-likeness (QED) is 0.313. The molecule has 0 spiro atoms. The maximum Gasteiger partial charge on any atom is 0.336 e. The average Bonchev–Trinajstić information content (AvgIpc) is 2.94. The van der Waals surface area contributed by atoms with E-state index in [9.17, 15) is 9.59 Å². The third kappa shape index (κ3) is 5.57. The Morgan fingerprint density at radius 2 is 1.66 bits per heavy atom. The summed E-state index contributed by atoms with van der Waals surface area (Å²) in [5.41, 5.74) is 4.32. The first-order valence-corrected chi connectivity index (χ1v) is 13.2. The number of carbonyl (C=O) groups excluding carboxylic acids is 2. The Morgan fingerprint density at radius 3 is 2.32 bits per heavy atom. The van der Waals surface area contributed by atoms with Crippen molar-refractivity contribution in [2.75, 3.05) is 27.9 Å². The number of benzene rings is 2. The van der Waals surface area contributed by atoms with E-state index >= 15 is 0 Å². The molecule has 0 bridgehead atoms. The molecule has 0 unspecified atom stereocenters. The number of rotatable bonds is 10. The molecular formula is C31H37NO6. The summed E-state index contributed by atoms with van der Waals surface area (Å²) in [7, 11) is 4.81. The normalized spacial score (nSPS) is 19.0. The predicted molar refractivity (Wildman–Crippen MR) is 146 cm³/mol. The Hall–Kier alpha value is -3.74. The number of Topliss-reactive ketones (excluding diaryl/α,β-unsaturated/α-hetero) is 1. The van der Waals surface area contributed by atoms with Crippen LogP contribution in [0, 0.1) is 0 Å². The van der Waals surface area contributed by atoms with Gasteiger partial charge in [-0.2, -0.15) is 0 Å². The van der Waals surface area contributed by atoms with Crippen molar-refractivity contribution in [3.05, 3.63) is 76.1 Å². The van der Waals surface area contributed by atoms with E-state index < -0.39 is 11.9 Å². The molecule has 1 N–H and O–H groups in total. The Morgan fingerprint density at radius 1 is 0.947 bits per heavy atom. The molecule has 202 valence electrons. The van der Waals surface area contributed by atoms with E-state index in [0.717, 1.165) is 36.3 Å². The molecule has 0 fully saturated rings. The third-order valence-electron chi connectivity index (χ3n) is 7.36. The molecule has 0 saturated heterocycles. The van der Waals surface area contributed by atoms with Crippen molar-refractivity contribution in [1.29, 1.82) is 0 Å². The van der Waals surface area contributed by atoms with Gasteiger partial charge in [-0.1, -0.05) is 31.9 Å². The van der Waals surface area contributed by atoms with Gasteiger partial charge in [0.25, 0.3) is 0 Å². The monoisotopic (exact) mass is 519 g/mol. The van der Waals surface area contributed by atoms with Gasteiger partial charge in [0.15, 0.2) is 5.78 Å². The number of ether oxygens (including phenoxy) is 4. The number of nitrogens with one attached hydrogen (secondary N) is 1. The number of hydrogen-bond donors (Lipinski definition) is 1. The highest BCUT2D eigenvalue weighted by atomic mass is 16.5. The van der Waals surface area contributed by atoms with E-state index in [0.29, 0.717) is 53.4 Å². The number of carbonyl (C=O) groups is 2. The topological polar surface area (TPSA) is 83.1 Å². The summed E-state index contributed by atoms with van der Waals surface area (Å²) < 4.78 is 22.2. The number of allylic oxidation sites excluding steroid dienone is 3. The largest absolute Gasteiger partial charge is 0.497 e. The molecule has 7 heteroatoms. The zero-order valence-corrected chi connectivity index (χ0v) is 22.9. The molecule has 1 heterocycles. The van der Waals surface area contributed by atoms with Crippen molar-refractivity contribution in [2.24, 2.45) is 0 Å². The summed E-state index contributed by atoms with van der Waals surface area (Å²) >= 11 is 0. The number of ketones is 1. The first-order valence-electron chi connectivity index (χ1n) is 13.2. The molecule has 7 nitrogen and oxygen atoms in total. The molecular weight excluding hydrogens is 482 g/mol. The van der Waals surface area contributed by atoms with E-state index in [4.69, 9.17) is 18.9 Å². The molecule has 0 saturated carbocycles. The lowest BCUT2D eigenvalue weighted by molar-refractivity contribution is -0.139. The summed E-state index contributed by atoms with van der Waals surface area (Å²) in [6.45, 7) is 4.31. The summed E-state index contributed by atoms with van der Waals surface area (Å²) in [4.78, 5) is 27.4. The van der Waals surface area contributed by atoms with Crippen molar-refractivity contribution >= 4 is 11.8 Å². The van der Waals surface area contributed by atoms with Crippen LogP contribution in [-0.2, 0) is 14.3 Å². The van der Waals surface area contributed by atoms with Crippen LogP contribution in [-0.4, -0.2) is 39.7 Å². The first kappa shape index (κ1) is 27.3. The molecule has 1 aliphatic heterocycles. The Bertz CT molecular complexity index is 1240. The highest BCUT2D eigenvalue weighted by Crippen LogP contribution is 2.48. The standard InChI is InChI=1S/C31H37NO6/c1-6-7-8-15-38-31(34)28-19(2)32-25-16-21(20-9-11-22(35-3)12-10-20)17-26(33)30(25)29(28)24-18-23(36-4)13-14-27(24)37-5/h9-14,18,21,29,32H,6-8,15-17H2,1-5H3/t21-,29+/m1/s1. The van der Waals surface area contributed by atoms with E-state index in [2.05, 4.69) is 12.2 Å². The van der Waals surface area contributed by atoms with Crippen LogP contribution >= 0.6 is 0 Å². The summed E-state index contributed by atoms with van der Waals surface area (Å²) in [6, 6.07) is 13.3. The Labute approximate surface area is 224 Å². The van der Waals surface area contributed by atoms with E-state index in [1.807, 2.05) is 43.3 Å². The second-order valence-corrected chi connectivity index (χ2v) is 9.74. The fourth-order valence-corrected chi connectivity index (χ4v) is 5.39. The van der Waals surface area contributed by atoms with Crippen LogP contribution in [0.4, 0.5) is 0 Å². The molecule has 1 aliphatic carbocycles. The first-order chi connectivity index (χ1) is 18.4. The smallest absolute Gasteiger partial charge is 0.336 e. The lowest BCUT2D eigenvalue weighted by atomic mass is 9.71. The molecule has 0 amide bonds. The van der Waals surface area contributed by atoms with Crippen molar-refractivity contribution in [3.8, 4) is 17.2 Å². The number of hydrogen-bond acceptors (Lipinski definition) is 7. The average molecular weight is 520 g/mol. The van der Waals surface area contributed by atoms with Crippen LogP contribution in [0.1, 0.15) is 68.9 Å². The zero-order chi connectivity index (χ0) is 27.2. The molecule has 0 aromatic heterocycles. The van der Waals surface area contributed by atoms with Crippen LogP contribution in [0.15, 0.2) is 65.0 Å². The lowest BCUT2D eigenvalue weighted by Gasteiger charge is -2.37. The minimum atomic E-state index is -0.626. The van der Waals surface area contributed by atoms with Crippen molar-refractivity contribution < 1.29 is 28.5 Å². The summed E-state index contributed by atoms with van der Waals surface area (Å²) in [6.07, 6.45) is 3.80. The van der Waals surface area contributed by atoms with Gasteiger partial charge in [-0.05, 0) is 61.6 Å². The minimum absolute atomic E-state index is 0.00164. The fourth-order valence-electron chi connectivity index (χ4n) is 5.39. The van der Waals surface area contributed by atoms with Crippen molar-refractivity contribution in [3.63, 3.8) is 0 Å². The van der Waals surface area contributed by atoms with Crippen LogP contribution < -0.4 is 19.5 Å². The number of methoxy groups -OCH3 is 3. The molecule has 0 radical (unpaired) electrons. The SMILES string of the molecule is CCCCCOC(=O)C1=C(C)NC2=C(C(=O)C[C@H](c3ccc(OC)cc3)C2)[C@H]1c1cc(OC)ccc1OC. The fraction of sp³-hybridized carbons (Fsp3) is 0.419. The van der Waals surface area contributed by atoms with Gasteiger partial charge < -0.3 is 24.3 Å². The highest BCUT2D eigenvalue weighted by Gasteiger charge is 2.42. The third-order valence-corrected chi connectivity index (χ3v) is 7.36. The molecule has 2 aromatic rings. The van der Waals surface area contributed by atoms with Gasteiger partial charge >= 0.3 is 5.97 Å². The maximum atomic E-state index is 13.9. The van der Waals surface area contributed by atoms with Gasteiger partial charge in [-0.15, -0.1) is 0 Å². The molecule has 2 aromatic carbocycles. The zero-order valence-electron chi connectivity index (χ0n) is 22.9. The van der Waals surface area contributed by atoms with Gasteiger partial charge in [-0.25, -0.2) is 4.79 Å². The second-order valence-electron chi connectivity index (χ2n) is 9.74. The van der Waals surface area contributed by atoms with Gasteiger partial charge in [0, 0.05) is 29.0 Å². The predicted octanol–water partition coefficient (Wildman–Crippen LogP) is 5.81. The minimum Gasteiger partial charge on any atom is -0.497 e. The summed E-state index contributed by atoms with van der Waals surface area (Å²) in [5, 5.41) is 3.41. The Balaban J connectivity index is 1.77. The van der Waals surface area contributed by atoms with Crippen molar-refractivity contribution in [1.82, 2.24) is 5.32 Å². The van der Waals surface area contributed by atoms with E-state index in [-0.39, 0.29) is 11.7 Å². The van der Waals surface area contributed by atoms with Gasteiger partial charge in [0.1, 0.15) is 17.2 Å². The van der Waals surface area contributed by atoms with Crippen LogP contribution in [0.3, 0.4) is 0 Å². The number of esters is 1. The van der Waals surface area contributed by atoms with Crippen LogP contribution in [0.5, 0.6) is 17.2 Å². The van der Waals surface area contributed by atoms with Crippen LogP contribution in [0.25, 0.3) is 0 Å². The summed E-state index contributed by atoms with van der Waals surface area (Å²) in [5.74, 6) is 0.948. The van der Waals surface area contributed by atoms with Gasteiger partial charge in [0.2, 0.25) is 0 Å². The Kier molecular flexibility index (Phi) is 8.77. The second kappa shape index (κ2) is 12.2. The van der Waals surface area contributed by atoms with Crippen LogP contribution in [0.2, 0.25) is 0 Å². The van der Waals surface area contributed by atoms with Crippen molar-refractivity contribution in [2.45, 2.75) is 57.8 Å². The lowest BCUT2D eigenvalue weighted by Crippen LogP contribution is -2.36. The van der Waals surface area contributed by atoms with Gasteiger partial charge in [-0.3, -0.25) is 4.79 Å².